The Hall–Kier alpha value is -1.36. The zero-order chi connectivity index (χ0) is 27.9. The molecule has 0 heterocycles. The van der Waals surface area contributed by atoms with Crippen LogP contribution in [0.3, 0.4) is 0 Å². The van der Waals surface area contributed by atoms with Gasteiger partial charge >= 0.3 is 11.9 Å². The quantitative estimate of drug-likeness (QED) is 0.325. The lowest BCUT2D eigenvalue weighted by molar-refractivity contribution is -0.207. The number of fused-ring (bicyclic) bond motifs is 7. The molecule has 38 heavy (non-hydrogen) atoms. The number of methoxy groups -OCH3 is 1. The summed E-state index contributed by atoms with van der Waals surface area (Å²) in [5.74, 6) is 1.50. The average Bonchev–Trinajstić information content (AvgIpc) is 2.87. The maximum Gasteiger partial charge on any atom is 0.344 e. The monoisotopic (exact) mass is 528 g/mol. The summed E-state index contributed by atoms with van der Waals surface area (Å²) < 4.78 is 10.4. The third-order valence-electron chi connectivity index (χ3n) is 13.9. The first-order chi connectivity index (χ1) is 17.7. The van der Waals surface area contributed by atoms with Crippen LogP contribution in [-0.4, -0.2) is 36.9 Å². The second kappa shape index (κ2) is 9.08. The highest BCUT2D eigenvalue weighted by Gasteiger charge is 2.69. The second-order valence-electron chi connectivity index (χ2n) is 15.3. The maximum atomic E-state index is 13.8. The number of aliphatic hydroxyl groups is 1. The molecule has 5 aliphatic carbocycles. The van der Waals surface area contributed by atoms with E-state index in [1.165, 1.54) is 25.5 Å². The van der Waals surface area contributed by atoms with Gasteiger partial charge in [-0.25, -0.2) is 4.79 Å². The zero-order valence-corrected chi connectivity index (χ0v) is 25.2. The van der Waals surface area contributed by atoms with Crippen molar-refractivity contribution in [3.63, 3.8) is 0 Å². The Morgan fingerprint density at radius 3 is 2.34 bits per heavy atom. The van der Waals surface area contributed by atoms with Crippen LogP contribution in [0.15, 0.2) is 11.6 Å². The molecule has 4 saturated carbocycles. The Morgan fingerprint density at radius 2 is 1.66 bits per heavy atom. The van der Waals surface area contributed by atoms with E-state index in [1.54, 1.807) is 0 Å². The first kappa shape index (κ1) is 28.2. The van der Waals surface area contributed by atoms with Gasteiger partial charge in [-0.15, -0.1) is 0 Å². The van der Waals surface area contributed by atoms with E-state index in [0.717, 1.165) is 44.9 Å². The summed E-state index contributed by atoms with van der Waals surface area (Å²) in [6.07, 6.45) is 11.4. The number of ether oxygens (including phenoxy) is 2. The Kier molecular flexibility index (Phi) is 6.73. The van der Waals surface area contributed by atoms with Crippen molar-refractivity contribution in [3.8, 4) is 0 Å². The summed E-state index contributed by atoms with van der Waals surface area (Å²) in [4.78, 5) is 25.7. The van der Waals surface area contributed by atoms with Gasteiger partial charge in [0.05, 0.1) is 18.6 Å². The molecule has 0 aromatic rings. The predicted octanol–water partition coefficient (Wildman–Crippen LogP) is 6.72. The van der Waals surface area contributed by atoms with Crippen LogP contribution in [0.25, 0.3) is 0 Å². The molecule has 0 radical (unpaired) electrons. The number of carbonyl (C=O) groups excluding carboxylic acids is 2. The molecule has 214 valence electrons. The number of hydrogen-bond acceptors (Lipinski definition) is 5. The molecule has 0 aromatic heterocycles. The Morgan fingerprint density at radius 1 is 0.947 bits per heavy atom. The molecule has 10 atom stereocenters. The van der Waals surface area contributed by atoms with E-state index in [1.807, 2.05) is 0 Å². The normalized spacial score (nSPS) is 49.3. The molecular weight excluding hydrogens is 476 g/mol. The van der Waals surface area contributed by atoms with Gasteiger partial charge in [-0.1, -0.05) is 60.1 Å². The molecule has 5 nitrogen and oxygen atoms in total. The molecular formula is C33H52O5. The predicted molar refractivity (Wildman–Crippen MR) is 148 cm³/mol. The minimum atomic E-state index is -0.549. The van der Waals surface area contributed by atoms with Crippen LogP contribution in [0.2, 0.25) is 0 Å². The fourth-order valence-electron chi connectivity index (χ4n) is 11.2. The molecule has 1 N–H and O–H groups in total. The van der Waals surface area contributed by atoms with Crippen LogP contribution < -0.4 is 0 Å². The molecule has 3 unspecified atom stereocenters. The summed E-state index contributed by atoms with van der Waals surface area (Å²) in [5.41, 5.74) is 1.30. The van der Waals surface area contributed by atoms with E-state index < -0.39 is 11.4 Å². The van der Waals surface area contributed by atoms with Crippen molar-refractivity contribution in [2.24, 2.45) is 56.7 Å². The lowest BCUT2D eigenvalue weighted by Crippen LogP contribution is -2.65. The highest BCUT2D eigenvalue weighted by atomic mass is 16.6. The largest absolute Gasteiger partial charge is 0.466 e. The Balaban J connectivity index is 1.55. The van der Waals surface area contributed by atoms with E-state index in [9.17, 15) is 14.7 Å². The molecule has 5 rings (SSSR count). The number of carbonyl (C=O) groups is 2. The molecule has 0 aromatic carbocycles. The van der Waals surface area contributed by atoms with E-state index in [2.05, 4.69) is 54.5 Å². The van der Waals surface area contributed by atoms with Gasteiger partial charge in [-0.05, 0) is 109 Å². The molecule has 0 amide bonds. The van der Waals surface area contributed by atoms with Crippen LogP contribution >= 0.6 is 0 Å². The van der Waals surface area contributed by atoms with E-state index in [4.69, 9.17) is 9.47 Å². The van der Waals surface area contributed by atoms with Crippen molar-refractivity contribution < 1.29 is 24.2 Å². The van der Waals surface area contributed by atoms with Gasteiger partial charge in [-0.3, -0.25) is 4.79 Å². The topological polar surface area (TPSA) is 72.8 Å². The lowest BCUT2D eigenvalue weighted by atomic mass is 9.33. The summed E-state index contributed by atoms with van der Waals surface area (Å²) in [5, 5.41) is 11.0. The van der Waals surface area contributed by atoms with Gasteiger partial charge in [-0.2, -0.15) is 0 Å². The van der Waals surface area contributed by atoms with Crippen molar-refractivity contribution in [2.45, 2.75) is 112 Å². The second-order valence-corrected chi connectivity index (χ2v) is 15.3. The zero-order valence-electron chi connectivity index (χ0n) is 25.2. The highest BCUT2D eigenvalue weighted by molar-refractivity contribution is 5.81. The van der Waals surface area contributed by atoms with Crippen molar-refractivity contribution in [3.05, 3.63) is 11.6 Å². The molecule has 0 aliphatic heterocycles. The average molecular weight is 529 g/mol. The summed E-state index contributed by atoms with van der Waals surface area (Å²) >= 11 is 0. The van der Waals surface area contributed by atoms with Crippen LogP contribution in [0.4, 0.5) is 0 Å². The highest BCUT2D eigenvalue weighted by Crippen LogP contribution is 2.75. The van der Waals surface area contributed by atoms with Crippen LogP contribution in [0.5, 0.6) is 0 Å². The fraction of sp³-hybridized carbons (Fsp3) is 0.879. The minimum Gasteiger partial charge on any atom is -0.466 e. The van der Waals surface area contributed by atoms with Crippen LogP contribution in [0.1, 0.15) is 106 Å². The van der Waals surface area contributed by atoms with Gasteiger partial charge in [0.1, 0.15) is 0 Å². The molecule has 0 saturated heterocycles. The van der Waals surface area contributed by atoms with Gasteiger partial charge in [0.15, 0.2) is 6.61 Å². The summed E-state index contributed by atoms with van der Waals surface area (Å²) in [7, 11) is 1.33. The van der Waals surface area contributed by atoms with E-state index in [0.29, 0.717) is 23.7 Å². The van der Waals surface area contributed by atoms with Crippen LogP contribution in [-0.2, 0) is 19.1 Å². The number of esters is 2. The Labute approximate surface area is 230 Å². The van der Waals surface area contributed by atoms with Crippen molar-refractivity contribution in [2.75, 3.05) is 13.7 Å². The Bertz CT molecular complexity index is 1010. The smallest absolute Gasteiger partial charge is 0.344 e. The first-order valence-electron chi connectivity index (χ1n) is 15.3. The third-order valence-corrected chi connectivity index (χ3v) is 13.9. The van der Waals surface area contributed by atoms with Gasteiger partial charge < -0.3 is 14.6 Å². The fourth-order valence-corrected chi connectivity index (χ4v) is 11.2. The molecule has 5 heteroatoms. The number of aliphatic hydroxyl groups excluding tert-OH is 1. The molecule has 0 spiro atoms. The molecule has 4 fully saturated rings. The van der Waals surface area contributed by atoms with Crippen molar-refractivity contribution in [1.29, 1.82) is 0 Å². The van der Waals surface area contributed by atoms with Crippen molar-refractivity contribution in [1.82, 2.24) is 0 Å². The van der Waals surface area contributed by atoms with E-state index in [-0.39, 0.29) is 46.3 Å². The van der Waals surface area contributed by atoms with Crippen molar-refractivity contribution >= 4 is 11.9 Å². The molecule has 5 aliphatic rings. The summed E-state index contributed by atoms with van der Waals surface area (Å²) in [6.45, 7) is 16.6. The van der Waals surface area contributed by atoms with Gasteiger partial charge in [0, 0.05) is 0 Å². The van der Waals surface area contributed by atoms with Gasteiger partial charge in [0.2, 0.25) is 0 Å². The lowest BCUT2D eigenvalue weighted by Gasteiger charge is -2.71. The number of hydrogen-bond donors (Lipinski definition) is 1. The minimum absolute atomic E-state index is 0.0339. The number of rotatable bonds is 3. The standard InChI is InChI=1S/C33H52O5/c1-20-11-16-33(28(36)38-19-26(35)37-8)18-17-31(6)22(27(33)21(20)2)9-10-24-30(5)14-13-25(34)29(3,4)23(30)12-15-32(24,31)7/h9,20-21,23-25,27,34H,10-19H2,1-8H3/t20-,21+,23?,24?,25+,27?,30+,31-,32-,33+/m1/s1. The first-order valence-corrected chi connectivity index (χ1v) is 15.3. The van der Waals surface area contributed by atoms with E-state index >= 15 is 0 Å². The third kappa shape index (κ3) is 3.58. The maximum absolute atomic E-state index is 13.8. The van der Waals surface area contributed by atoms with Gasteiger partial charge in [0.25, 0.3) is 0 Å². The van der Waals surface area contributed by atoms with Crippen LogP contribution in [0, 0.1) is 56.7 Å². The molecule has 0 bridgehead atoms. The summed E-state index contributed by atoms with van der Waals surface area (Å²) in [6, 6.07) is 0. The number of allylic oxidation sites excluding steroid dienone is 2. The SMILES string of the molecule is COC(=O)COC(=O)[C@]12CC[C@@H](C)[C@H](C)C1C1=CCC3[C@@]4(C)CC[C@H](O)C(C)(C)C4CC[C@@]3(C)[C@]1(C)CC2.